The third-order valence-corrected chi connectivity index (χ3v) is 6.46. The summed E-state index contributed by atoms with van der Waals surface area (Å²) in [4.78, 5) is 14.7. The summed E-state index contributed by atoms with van der Waals surface area (Å²) in [5.41, 5.74) is 2.13. The van der Waals surface area contributed by atoms with Crippen molar-refractivity contribution in [3.8, 4) is 0 Å². The predicted octanol–water partition coefficient (Wildman–Crippen LogP) is 5.34. The van der Waals surface area contributed by atoms with E-state index in [1.165, 1.54) is 17.3 Å². The van der Waals surface area contributed by atoms with Crippen molar-refractivity contribution in [1.82, 2.24) is 19.7 Å². The molecule has 0 aliphatic carbocycles. The number of nitrogens with one attached hydrogen (secondary N) is 1. The number of hydrogen-bond acceptors (Lipinski definition) is 5. The third-order valence-electron chi connectivity index (χ3n) is 5.50. The van der Waals surface area contributed by atoms with Gasteiger partial charge in [-0.1, -0.05) is 58.0 Å². The van der Waals surface area contributed by atoms with Crippen LogP contribution in [0.5, 0.6) is 0 Å². The minimum atomic E-state index is -0.0254. The van der Waals surface area contributed by atoms with Gasteiger partial charge >= 0.3 is 0 Å². The minimum absolute atomic E-state index is 0.0254. The quantitative estimate of drug-likeness (QED) is 0.460. The average molecular weight is 432 g/mol. The monoisotopic (exact) mass is 431 g/mol. The van der Waals surface area contributed by atoms with Gasteiger partial charge in [-0.15, -0.1) is 10.2 Å². The summed E-state index contributed by atoms with van der Waals surface area (Å²) in [5, 5.41) is 12.7. The molecule has 2 rings (SSSR count). The molecule has 1 aromatic heterocycles. The van der Waals surface area contributed by atoms with E-state index in [1.807, 2.05) is 12.1 Å². The van der Waals surface area contributed by atoms with Crippen molar-refractivity contribution in [2.75, 3.05) is 25.2 Å². The molecule has 6 nitrogen and oxygen atoms in total. The first-order valence-corrected chi connectivity index (χ1v) is 12.0. The number of carbonyl (C=O) groups excluding carboxylic acids is 1. The number of anilines is 1. The van der Waals surface area contributed by atoms with Crippen LogP contribution >= 0.6 is 11.8 Å². The highest BCUT2D eigenvalue weighted by Crippen LogP contribution is 2.26. The smallest absolute Gasteiger partial charge is 0.234 e. The fraction of sp³-hybridized carbons (Fsp3) is 0.609. The lowest BCUT2D eigenvalue weighted by atomic mass is 9.99. The van der Waals surface area contributed by atoms with Crippen molar-refractivity contribution >= 4 is 23.4 Å². The van der Waals surface area contributed by atoms with Crippen LogP contribution in [-0.4, -0.2) is 45.4 Å². The van der Waals surface area contributed by atoms with Crippen LogP contribution in [0.4, 0.5) is 5.69 Å². The number of amides is 1. The zero-order chi connectivity index (χ0) is 22.1. The Bertz CT molecular complexity index is 787. The number of thioether (sulfide) groups is 1. The van der Waals surface area contributed by atoms with Crippen molar-refractivity contribution in [2.45, 2.75) is 77.0 Å². The molecule has 0 unspecified atom stereocenters. The van der Waals surface area contributed by atoms with Crippen molar-refractivity contribution in [2.24, 2.45) is 0 Å². The number of unbranched alkanes of at least 4 members (excludes halogenated alkanes) is 1. The first-order valence-electron chi connectivity index (χ1n) is 11.0. The van der Waals surface area contributed by atoms with Gasteiger partial charge in [0, 0.05) is 12.2 Å². The van der Waals surface area contributed by atoms with Crippen LogP contribution in [-0.2, 0) is 11.3 Å². The highest BCUT2D eigenvalue weighted by atomic mass is 32.2. The average Bonchev–Trinajstić information content (AvgIpc) is 3.13. The number of carbonyl (C=O) groups is 1. The zero-order valence-electron chi connectivity index (χ0n) is 19.3. The van der Waals surface area contributed by atoms with Crippen LogP contribution in [0.2, 0.25) is 0 Å². The van der Waals surface area contributed by atoms with E-state index in [1.54, 1.807) is 0 Å². The maximum Gasteiger partial charge on any atom is 0.234 e. The van der Waals surface area contributed by atoms with Crippen LogP contribution in [0.1, 0.15) is 76.7 Å². The Hall–Kier alpha value is -1.86. The van der Waals surface area contributed by atoms with Gasteiger partial charge in [0.15, 0.2) is 11.0 Å². The molecule has 0 bridgehead atoms. The van der Waals surface area contributed by atoms with Crippen molar-refractivity contribution in [3.63, 3.8) is 0 Å². The number of rotatable bonds is 12. The van der Waals surface area contributed by atoms with Crippen LogP contribution in [0, 0.1) is 0 Å². The van der Waals surface area contributed by atoms with Gasteiger partial charge in [-0.3, -0.25) is 9.69 Å². The van der Waals surface area contributed by atoms with Gasteiger partial charge in [0.05, 0.1) is 11.8 Å². The lowest BCUT2D eigenvalue weighted by molar-refractivity contribution is -0.113. The Labute approximate surface area is 185 Å². The molecule has 1 amide bonds. The number of nitrogens with zero attached hydrogens (tertiary/aromatic N) is 4. The molecule has 0 fully saturated rings. The lowest BCUT2D eigenvalue weighted by Crippen LogP contribution is -2.23. The Morgan fingerprint density at radius 1 is 1.13 bits per heavy atom. The summed E-state index contributed by atoms with van der Waals surface area (Å²) < 4.78 is 2.19. The van der Waals surface area contributed by atoms with Crippen molar-refractivity contribution < 1.29 is 4.79 Å². The standard InChI is InChI=1S/C23H37N5OS/c1-7-10-15-28-22(20(9-3)27(5)6)25-26-23(28)30-16-21(29)24-19-13-11-18(12-14-19)17(4)8-2/h11-14,17,20H,7-10,15-16H2,1-6H3,(H,24,29)/t17-,20-/m1/s1. The second-order valence-electron chi connectivity index (χ2n) is 8.00. The Morgan fingerprint density at radius 3 is 2.40 bits per heavy atom. The molecule has 0 aliphatic heterocycles. The van der Waals surface area contributed by atoms with Gasteiger partial charge < -0.3 is 9.88 Å². The van der Waals surface area contributed by atoms with Crippen molar-refractivity contribution in [3.05, 3.63) is 35.7 Å². The normalized spacial score (nSPS) is 13.4. The van der Waals surface area contributed by atoms with E-state index >= 15 is 0 Å². The van der Waals surface area contributed by atoms with E-state index in [0.717, 1.165) is 48.9 Å². The zero-order valence-corrected chi connectivity index (χ0v) is 20.1. The maximum atomic E-state index is 12.5. The molecule has 0 radical (unpaired) electrons. The molecule has 7 heteroatoms. The minimum Gasteiger partial charge on any atom is -0.325 e. The molecule has 1 aromatic carbocycles. The van der Waals surface area contributed by atoms with Crippen LogP contribution in [0.3, 0.4) is 0 Å². The first-order chi connectivity index (χ1) is 14.4. The first kappa shape index (κ1) is 24.4. The lowest BCUT2D eigenvalue weighted by Gasteiger charge is -2.23. The summed E-state index contributed by atoms with van der Waals surface area (Å²) in [6, 6.07) is 8.37. The summed E-state index contributed by atoms with van der Waals surface area (Å²) in [6.07, 6.45) is 4.25. The maximum absolute atomic E-state index is 12.5. The highest BCUT2D eigenvalue weighted by molar-refractivity contribution is 7.99. The molecule has 0 aliphatic rings. The Balaban J connectivity index is 2.03. The Morgan fingerprint density at radius 2 is 1.83 bits per heavy atom. The van der Waals surface area contributed by atoms with Gasteiger partial charge in [-0.2, -0.15) is 0 Å². The molecule has 2 atom stereocenters. The summed E-state index contributed by atoms with van der Waals surface area (Å²) in [6.45, 7) is 9.62. The van der Waals surface area contributed by atoms with Crippen molar-refractivity contribution in [1.29, 1.82) is 0 Å². The molecule has 0 spiro atoms. The predicted molar refractivity (Wildman–Crippen MR) is 126 cm³/mol. The molecular weight excluding hydrogens is 394 g/mol. The number of aromatic nitrogens is 3. The van der Waals surface area contributed by atoms with E-state index in [2.05, 4.69) is 78.9 Å². The van der Waals surface area contributed by atoms with E-state index in [-0.39, 0.29) is 11.9 Å². The van der Waals surface area contributed by atoms with Crippen LogP contribution in [0.15, 0.2) is 29.4 Å². The fourth-order valence-electron chi connectivity index (χ4n) is 3.42. The van der Waals surface area contributed by atoms with Gasteiger partial charge in [0.25, 0.3) is 0 Å². The third kappa shape index (κ3) is 6.57. The SMILES string of the molecule is CCCCn1c(SCC(=O)Nc2ccc([C@H](C)CC)cc2)nnc1[C@@H](CC)N(C)C. The molecule has 1 heterocycles. The summed E-state index contributed by atoms with van der Waals surface area (Å²) >= 11 is 1.46. The van der Waals surface area contributed by atoms with Gasteiger partial charge in [0.2, 0.25) is 5.91 Å². The van der Waals surface area contributed by atoms with Gasteiger partial charge in [0.1, 0.15) is 0 Å². The van der Waals surface area contributed by atoms with Gasteiger partial charge in [-0.25, -0.2) is 0 Å². The van der Waals surface area contributed by atoms with E-state index < -0.39 is 0 Å². The van der Waals surface area contributed by atoms with Crippen LogP contribution in [0.25, 0.3) is 0 Å². The van der Waals surface area contributed by atoms with E-state index in [4.69, 9.17) is 0 Å². The second-order valence-corrected chi connectivity index (χ2v) is 8.94. The summed E-state index contributed by atoms with van der Waals surface area (Å²) in [5.74, 6) is 1.81. The fourth-order valence-corrected chi connectivity index (χ4v) is 4.19. The van der Waals surface area contributed by atoms with Crippen LogP contribution < -0.4 is 5.32 Å². The Kier molecular flexibility index (Phi) is 9.85. The summed E-state index contributed by atoms with van der Waals surface area (Å²) in [7, 11) is 4.14. The molecule has 2 aromatic rings. The molecular formula is C23H37N5OS. The van der Waals surface area contributed by atoms with E-state index in [9.17, 15) is 4.79 Å². The second kappa shape index (κ2) is 12.1. The topological polar surface area (TPSA) is 63.1 Å². The number of benzene rings is 1. The molecule has 0 saturated carbocycles. The molecule has 30 heavy (non-hydrogen) atoms. The largest absolute Gasteiger partial charge is 0.325 e. The molecule has 0 saturated heterocycles. The van der Waals surface area contributed by atoms with E-state index in [0.29, 0.717) is 11.7 Å². The highest BCUT2D eigenvalue weighted by Gasteiger charge is 2.22. The molecule has 1 N–H and O–H groups in total. The number of hydrogen-bond donors (Lipinski definition) is 1. The molecule has 166 valence electrons. The van der Waals surface area contributed by atoms with Gasteiger partial charge in [-0.05, 0) is 57.0 Å².